The number of esters is 1. The second kappa shape index (κ2) is 10.1. The van der Waals surface area contributed by atoms with Crippen molar-refractivity contribution >= 4 is 17.6 Å². The SMILES string of the molecule is CCOC(=O)c1cc(-c2ccccc2)n(CCCC(=O)Nc2cccc(C)c2C)c1C. The first kappa shape index (κ1) is 22.3. The zero-order chi connectivity index (χ0) is 22.4. The van der Waals surface area contributed by atoms with Crippen LogP contribution in [0, 0.1) is 20.8 Å². The molecule has 1 heterocycles. The lowest BCUT2D eigenvalue weighted by molar-refractivity contribution is -0.116. The third-order valence-corrected chi connectivity index (χ3v) is 5.60. The Hall–Kier alpha value is -3.34. The van der Waals surface area contributed by atoms with Gasteiger partial charge < -0.3 is 14.6 Å². The standard InChI is InChI=1S/C26H30N2O3/c1-5-31-26(30)22-17-24(21-12-7-6-8-13-21)28(20(22)4)16-10-15-25(29)27-23-14-9-11-18(2)19(23)3/h6-9,11-14,17H,5,10,15-16H2,1-4H3,(H,27,29). The molecule has 0 fully saturated rings. The summed E-state index contributed by atoms with van der Waals surface area (Å²) in [5.74, 6) is -0.325. The number of aromatic nitrogens is 1. The summed E-state index contributed by atoms with van der Waals surface area (Å²) in [6.07, 6.45) is 1.06. The van der Waals surface area contributed by atoms with Crippen LogP contribution in [0.3, 0.4) is 0 Å². The highest BCUT2D eigenvalue weighted by atomic mass is 16.5. The maximum absolute atomic E-state index is 12.5. The minimum absolute atomic E-state index is 0.00890. The van der Waals surface area contributed by atoms with Gasteiger partial charge in [-0.25, -0.2) is 4.79 Å². The van der Waals surface area contributed by atoms with Crippen LogP contribution in [0.5, 0.6) is 0 Å². The molecule has 31 heavy (non-hydrogen) atoms. The van der Waals surface area contributed by atoms with Crippen molar-refractivity contribution in [3.05, 3.63) is 77.0 Å². The first-order chi connectivity index (χ1) is 14.9. The van der Waals surface area contributed by atoms with E-state index in [2.05, 4.69) is 9.88 Å². The van der Waals surface area contributed by atoms with Crippen LogP contribution in [0.15, 0.2) is 54.6 Å². The third kappa shape index (κ3) is 5.23. The van der Waals surface area contributed by atoms with E-state index in [0.29, 0.717) is 31.6 Å². The Balaban J connectivity index is 1.75. The molecule has 1 aromatic heterocycles. The Morgan fingerprint density at radius 3 is 2.45 bits per heavy atom. The maximum atomic E-state index is 12.5. The number of nitrogens with zero attached hydrogens (tertiary/aromatic N) is 1. The average molecular weight is 419 g/mol. The quantitative estimate of drug-likeness (QED) is 0.479. The first-order valence-corrected chi connectivity index (χ1v) is 10.7. The molecule has 1 amide bonds. The zero-order valence-corrected chi connectivity index (χ0v) is 18.7. The second-order valence-electron chi connectivity index (χ2n) is 7.67. The van der Waals surface area contributed by atoms with Gasteiger partial charge in [0.1, 0.15) is 0 Å². The van der Waals surface area contributed by atoms with Gasteiger partial charge in [0, 0.05) is 30.0 Å². The van der Waals surface area contributed by atoms with Crippen LogP contribution in [0.1, 0.15) is 46.9 Å². The number of aryl methyl sites for hydroxylation is 1. The van der Waals surface area contributed by atoms with E-state index in [9.17, 15) is 9.59 Å². The van der Waals surface area contributed by atoms with E-state index in [0.717, 1.165) is 33.8 Å². The van der Waals surface area contributed by atoms with E-state index in [1.807, 2.05) is 75.4 Å². The molecular weight excluding hydrogens is 388 g/mol. The molecule has 0 saturated heterocycles. The van der Waals surface area contributed by atoms with Gasteiger partial charge in [-0.1, -0.05) is 42.5 Å². The molecular formula is C26H30N2O3. The van der Waals surface area contributed by atoms with E-state index in [4.69, 9.17) is 4.74 Å². The number of hydrogen-bond acceptors (Lipinski definition) is 3. The molecule has 0 aliphatic heterocycles. The smallest absolute Gasteiger partial charge is 0.339 e. The summed E-state index contributed by atoms with van der Waals surface area (Å²) < 4.78 is 7.33. The minimum Gasteiger partial charge on any atom is -0.462 e. The maximum Gasteiger partial charge on any atom is 0.339 e. The van der Waals surface area contributed by atoms with Crippen molar-refractivity contribution in [2.45, 2.75) is 47.1 Å². The molecule has 0 saturated carbocycles. The molecule has 0 atom stereocenters. The molecule has 2 aromatic carbocycles. The van der Waals surface area contributed by atoms with Crippen LogP contribution < -0.4 is 5.32 Å². The molecule has 0 bridgehead atoms. The topological polar surface area (TPSA) is 60.3 Å². The van der Waals surface area contributed by atoms with Gasteiger partial charge in [0.15, 0.2) is 0 Å². The van der Waals surface area contributed by atoms with Gasteiger partial charge >= 0.3 is 5.97 Å². The van der Waals surface area contributed by atoms with Crippen molar-refractivity contribution in [2.24, 2.45) is 0 Å². The minimum atomic E-state index is -0.316. The predicted molar refractivity (Wildman–Crippen MR) is 124 cm³/mol. The van der Waals surface area contributed by atoms with Gasteiger partial charge in [0.2, 0.25) is 5.91 Å². The number of anilines is 1. The summed E-state index contributed by atoms with van der Waals surface area (Å²) in [4.78, 5) is 24.9. The third-order valence-electron chi connectivity index (χ3n) is 5.60. The predicted octanol–water partition coefficient (Wildman–Crippen LogP) is 5.68. The van der Waals surface area contributed by atoms with Crippen molar-refractivity contribution in [1.29, 1.82) is 0 Å². The fraction of sp³-hybridized carbons (Fsp3) is 0.308. The summed E-state index contributed by atoms with van der Waals surface area (Å²) in [5, 5.41) is 3.02. The van der Waals surface area contributed by atoms with Crippen molar-refractivity contribution in [3.63, 3.8) is 0 Å². The van der Waals surface area contributed by atoms with Crippen LogP contribution in [-0.4, -0.2) is 23.1 Å². The van der Waals surface area contributed by atoms with Crippen molar-refractivity contribution in [1.82, 2.24) is 4.57 Å². The van der Waals surface area contributed by atoms with Crippen molar-refractivity contribution in [2.75, 3.05) is 11.9 Å². The monoisotopic (exact) mass is 418 g/mol. The van der Waals surface area contributed by atoms with E-state index in [-0.39, 0.29) is 11.9 Å². The largest absolute Gasteiger partial charge is 0.462 e. The number of carbonyl (C=O) groups excluding carboxylic acids is 2. The summed E-state index contributed by atoms with van der Waals surface area (Å²) in [6, 6.07) is 17.8. The lowest BCUT2D eigenvalue weighted by atomic mass is 10.1. The van der Waals surface area contributed by atoms with Crippen LogP contribution in [0.2, 0.25) is 0 Å². The number of ether oxygens (including phenoxy) is 1. The Bertz CT molecular complexity index is 1070. The average Bonchev–Trinajstić information content (AvgIpc) is 3.09. The van der Waals surface area contributed by atoms with Crippen LogP contribution in [0.25, 0.3) is 11.3 Å². The second-order valence-corrected chi connectivity index (χ2v) is 7.67. The number of nitrogens with one attached hydrogen (secondary N) is 1. The number of rotatable bonds is 8. The fourth-order valence-corrected chi connectivity index (χ4v) is 3.69. The van der Waals surface area contributed by atoms with Crippen LogP contribution in [0.4, 0.5) is 5.69 Å². The summed E-state index contributed by atoms with van der Waals surface area (Å²) in [7, 11) is 0. The highest BCUT2D eigenvalue weighted by molar-refractivity contribution is 5.93. The molecule has 1 N–H and O–H groups in total. The van der Waals surface area contributed by atoms with Gasteiger partial charge in [-0.15, -0.1) is 0 Å². The van der Waals surface area contributed by atoms with Gasteiger partial charge in [-0.05, 0) is 62.9 Å². The Kier molecular flexibility index (Phi) is 7.29. The Morgan fingerprint density at radius 2 is 1.74 bits per heavy atom. The van der Waals surface area contributed by atoms with Gasteiger partial charge in [-0.3, -0.25) is 4.79 Å². The molecule has 0 aliphatic carbocycles. The molecule has 3 aromatic rings. The van der Waals surface area contributed by atoms with Crippen molar-refractivity contribution < 1.29 is 14.3 Å². The molecule has 5 nitrogen and oxygen atoms in total. The summed E-state index contributed by atoms with van der Waals surface area (Å²) in [6.45, 7) is 8.74. The molecule has 0 radical (unpaired) electrons. The molecule has 5 heteroatoms. The highest BCUT2D eigenvalue weighted by Gasteiger charge is 2.19. The van der Waals surface area contributed by atoms with Crippen LogP contribution >= 0.6 is 0 Å². The summed E-state index contributed by atoms with van der Waals surface area (Å²) in [5.41, 5.74) is 6.50. The molecule has 0 spiro atoms. The van der Waals surface area contributed by atoms with Crippen LogP contribution in [-0.2, 0) is 16.1 Å². The molecule has 162 valence electrons. The van der Waals surface area contributed by atoms with E-state index in [1.165, 1.54) is 0 Å². The van der Waals surface area contributed by atoms with Crippen molar-refractivity contribution in [3.8, 4) is 11.3 Å². The summed E-state index contributed by atoms with van der Waals surface area (Å²) >= 11 is 0. The number of benzene rings is 2. The van der Waals surface area contributed by atoms with E-state index < -0.39 is 0 Å². The first-order valence-electron chi connectivity index (χ1n) is 10.7. The highest BCUT2D eigenvalue weighted by Crippen LogP contribution is 2.27. The van der Waals surface area contributed by atoms with Gasteiger partial charge in [-0.2, -0.15) is 0 Å². The number of amides is 1. The Morgan fingerprint density at radius 1 is 1.00 bits per heavy atom. The lowest BCUT2D eigenvalue weighted by Gasteiger charge is -2.13. The van der Waals surface area contributed by atoms with E-state index >= 15 is 0 Å². The number of hydrogen-bond donors (Lipinski definition) is 1. The molecule has 0 aliphatic rings. The fourth-order valence-electron chi connectivity index (χ4n) is 3.69. The number of carbonyl (C=O) groups is 2. The zero-order valence-electron chi connectivity index (χ0n) is 18.7. The van der Waals surface area contributed by atoms with E-state index in [1.54, 1.807) is 6.92 Å². The van der Waals surface area contributed by atoms with Gasteiger partial charge in [0.05, 0.1) is 12.2 Å². The molecule has 3 rings (SSSR count). The van der Waals surface area contributed by atoms with Gasteiger partial charge in [0.25, 0.3) is 0 Å². The molecule has 0 unspecified atom stereocenters. The Labute approximate surface area is 184 Å². The normalized spacial score (nSPS) is 10.7. The lowest BCUT2D eigenvalue weighted by Crippen LogP contribution is -2.14.